The number of nitrogens with zero attached hydrogens (tertiary/aromatic N) is 2. The molecule has 4 rings (SSSR count). The van der Waals surface area contributed by atoms with Crippen LogP contribution in [0.25, 0.3) is 10.4 Å². The molecule has 7 nitrogen and oxygen atoms in total. The fourth-order valence-electron chi connectivity index (χ4n) is 3.24. The Kier molecular flexibility index (Phi) is 8.37. The molecule has 3 heterocycles. The predicted molar refractivity (Wildman–Crippen MR) is 146 cm³/mol. The molecule has 1 aromatic carbocycles. The van der Waals surface area contributed by atoms with Crippen LogP contribution in [0.1, 0.15) is 37.4 Å². The van der Waals surface area contributed by atoms with E-state index in [4.69, 9.17) is 23.2 Å². The number of aromatic nitrogens is 1. The summed E-state index contributed by atoms with van der Waals surface area (Å²) < 4.78 is 0. The molecule has 11 heteroatoms. The maximum absolute atomic E-state index is 12.6. The second-order valence-corrected chi connectivity index (χ2v) is 10.4. The van der Waals surface area contributed by atoms with Crippen molar-refractivity contribution < 1.29 is 14.7 Å². The van der Waals surface area contributed by atoms with Crippen molar-refractivity contribution in [3.63, 3.8) is 0 Å². The van der Waals surface area contributed by atoms with Crippen molar-refractivity contribution in [3.8, 4) is 16.2 Å². The average Bonchev–Trinajstić information content (AvgIpc) is 3.52. The topological polar surface area (TPSA) is 104 Å². The summed E-state index contributed by atoms with van der Waals surface area (Å²) in [6, 6.07) is 12.1. The van der Waals surface area contributed by atoms with Gasteiger partial charge in [0.15, 0.2) is 0 Å². The van der Waals surface area contributed by atoms with Crippen molar-refractivity contribution in [1.29, 1.82) is 0 Å². The summed E-state index contributed by atoms with van der Waals surface area (Å²) in [5.41, 5.74) is 5.19. The van der Waals surface area contributed by atoms with Crippen LogP contribution in [0, 0.1) is 0 Å². The highest BCUT2D eigenvalue weighted by atomic mass is 35.5. The zero-order valence-corrected chi connectivity index (χ0v) is 22.1. The molecule has 0 unspecified atom stereocenters. The molecule has 3 N–H and O–H groups in total. The number of benzene rings is 1. The lowest BCUT2D eigenvalue weighted by atomic mass is 10.1. The standard InChI is InChI=1S/C25H20Cl2N4O3S2/c1-14(17-13-35-23(22(17)32)16-2-3-18(26)19(27)12-16)30-31-25(34)21-5-4-20(36-21)24(33)29-11-8-15-6-9-28-10-7-15/h2-7,9-10,12-13,32H,8,11H2,1H3,(H,29,33)(H,31,34). The number of halogens is 2. The number of hydrogen-bond donors (Lipinski definition) is 3. The van der Waals surface area contributed by atoms with E-state index in [1.54, 1.807) is 55.0 Å². The number of carbonyl (C=O) groups excluding carboxylic acids is 2. The number of thiophene rings is 2. The molecule has 0 aliphatic heterocycles. The highest BCUT2D eigenvalue weighted by Gasteiger charge is 2.17. The lowest BCUT2D eigenvalue weighted by molar-refractivity contribution is 0.0951. The average molecular weight is 560 g/mol. The monoisotopic (exact) mass is 558 g/mol. The number of rotatable bonds is 8. The van der Waals surface area contributed by atoms with Crippen molar-refractivity contribution in [2.75, 3.05) is 6.54 Å². The third-order valence-electron chi connectivity index (χ3n) is 5.16. The summed E-state index contributed by atoms with van der Waals surface area (Å²) >= 11 is 14.5. The van der Waals surface area contributed by atoms with Gasteiger partial charge in [0.25, 0.3) is 11.8 Å². The molecule has 0 saturated carbocycles. The van der Waals surface area contributed by atoms with E-state index >= 15 is 0 Å². The SMILES string of the molecule is CC(=NNC(=O)c1ccc(C(=O)NCCc2ccncc2)s1)c1csc(-c2ccc(Cl)c(Cl)c2)c1O. The first-order valence-electron chi connectivity index (χ1n) is 10.7. The predicted octanol–water partition coefficient (Wildman–Crippen LogP) is 6.01. The number of hydrazone groups is 1. The molecular weight excluding hydrogens is 539 g/mol. The van der Waals surface area contributed by atoms with E-state index in [9.17, 15) is 14.7 Å². The van der Waals surface area contributed by atoms with E-state index in [1.165, 1.54) is 11.3 Å². The van der Waals surface area contributed by atoms with Gasteiger partial charge in [0.1, 0.15) is 5.75 Å². The zero-order valence-electron chi connectivity index (χ0n) is 18.9. The first-order valence-corrected chi connectivity index (χ1v) is 13.2. The number of pyridine rings is 1. The molecule has 0 bridgehead atoms. The molecule has 0 aliphatic rings. The van der Waals surface area contributed by atoms with Crippen LogP contribution in [0.2, 0.25) is 10.0 Å². The van der Waals surface area contributed by atoms with Gasteiger partial charge in [0.05, 0.1) is 36.0 Å². The van der Waals surface area contributed by atoms with Crippen LogP contribution < -0.4 is 10.7 Å². The molecule has 0 spiro atoms. The molecule has 0 fully saturated rings. The fourth-order valence-corrected chi connectivity index (χ4v) is 5.35. The Morgan fingerprint density at radius 1 is 1.03 bits per heavy atom. The Labute approximate surface area is 225 Å². The third kappa shape index (κ3) is 6.11. The van der Waals surface area contributed by atoms with E-state index in [1.807, 2.05) is 12.1 Å². The van der Waals surface area contributed by atoms with Gasteiger partial charge in [0.2, 0.25) is 0 Å². The van der Waals surface area contributed by atoms with Crippen LogP contribution in [0.5, 0.6) is 5.75 Å². The number of carbonyl (C=O) groups is 2. The van der Waals surface area contributed by atoms with Crippen LogP contribution >= 0.6 is 45.9 Å². The Balaban J connectivity index is 1.36. The lowest BCUT2D eigenvalue weighted by Crippen LogP contribution is -2.24. The van der Waals surface area contributed by atoms with Crippen molar-refractivity contribution in [3.05, 3.63) is 91.2 Å². The van der Waals surface area contributed by atoms with Crippen molar-refractivity contribution in [1.82, 2.24) is 15.7 Å². The van der Waals surface area contributed by atoms with E-state index in [2.05, 4.69) is 20.8 Å². The second-order valence-electron chi connectivity index (χ2n) is 7.62. The van der Waals surface area contributed by atoms with E-state index in [-0.39, 0.29) is 11.7 Å². The summed E-state index contributed by atoms with van der Waals surface area (Å²) in [4.78, 5) is 30.3. The molecule has 3 aromatic heterocycles. The van der Waals surface area contributed by atoms with Crippen molar-refractivity contribution in [2.45, 2.75) is 13.3 Å². The third-order valence-corrected chi connectivity index (χ3v) is 8.00. The van der Waals surface area contributed by atoms with Gasteiger partial charge >= 0.3 is 0 Å². The largest absolute Gasteiger partial charge is 0.506 e. The van der Waals surface area contributed by atoms with E-state index in [0.29, 0.717) is 48.9 Å². The van der Waals surface area contributed by atoms with Crippen LogP contribution in [-0.2, 0) is 6.42 Å². The smallest absolute Gasteiger partial charge is 0.281 e. The molecule has 0 saturated heterocycles. The van der Waals surface area contributed by atoms with Gasteiger partial charge in [-0.2, -0.15) is 5.10 Å². The van der Waals surface area contributed by atoms with Gasteiger partial charge in [-0.05, 0) is 60.9 Å². The van der Waals surface area contributed by atoms with Crippen LogP contribution in [0.4, 0.5) is 0 Å². The quantitative estimate of drug-likeness (QED) is 0.182. The van der Waals surface area contributed by atoms with Gasteiger partial charge in [-0.1, -0.05) is 29.3 Å². The second kappa shape index (κ2) is 11.7. The minimum absolute atomic E-state index is 0.0377. The van der Waals surface area contributed by atoms with Crippen molar-refractivity contribution in [2.24, 2.45) is 5.10 Å². The molecule has 0 radical (unpaired) electrons. The Morgan fingerprint density at radius 3 is 2.47 bits per heavy atom. The fraction of sp³-hybridized carbons (Fsp3) is 0.120. The zero-order chi connectivity index (χ0) is 25.7. The van der Waals surface area contributed by atoms with Crippen LogP contribution in [0.15, 0.2) is 65.3 Å². The van der Waals surface area contributed by atoms with E-state index < -0.39 is 5.91 Å². The van der Waals surface area contributed by atoms with Gasteiger partial charge in [-0.3, -0.25) is 14.6 Å². The minimum Gasteiger partial charge on any atom is -0.506 e. The first-order chi connectivity index (χ1) is 17.3. The maximum Gasteiger partial charge on any atom is 0.281 e. The molecule has 184 valence electrons. The first kappa shape index (κ1) is 25.8. The van der Waals surface area contributed by atoms with Crippen molar-refractivity contribution >= 4 is 63.4 Å². The minimum atomic E-state index is -0.449. The highest BCUT2D eigenvalue weighted by Crippen LogP contribution is 2.40. The number of hydrogen-bond acceptors (Lipinski definition) is 7. The summed E-state index contributed by atoms with van der Waals surface area (Å²) in [6.07, 6.45) is 4.10. The number of nitrogens with one attached hydrogen (secondary N) is 2. The number of amides is 2. The van der Waals surface area contributed by atoms with E-state index in [0.717, 1.165) is 22.5 Å². The lowest BCUT2D eigenvalue weighted by Gasteiger charge is -2.04. The Bertz CT molecular complexity index is 1430. The summed E-state index contributed by atoms with van der Waals surface area (Å²) in [5, 5.41) is 20.2. The molecule has 0 aliphatic carbocycles. The highest BCUT2D eigenvalue weighted by molar-refractivity contribution is 7.16. The van der Waals surface area contributed by atoms with Crippen LogP contribution in [-0.4, -0.2) is 34.2 Å². The summed E-state index contributed by atoms with van der Waals surface area (Å²) in [5.74, 6) is -0.656. The van der Waals surface area contributed by atoms with Gasteiger partial charge in [0, 0.05) is 24.3 Å². The summed E-state index contributed by atoms with van der Waals surface area (Å²) in [6.45, 7) is 2.15. The normalized spacial score (nSPS) is 11.4. The molecular formula is C25H20Cl2N4O3S2. The molecule has 36 heavy (non-hydrogen) atoms. The molecule has 4 aromatic rings. The Morgan fingerprint density at radius 2 is 1.75 bits per heavy atom. The maximum atomic E-state index is 12.6. The molecule has 2 amide bonds. The van der Waals surface area contributed by atoms with Gasteiger partial charge < -0.3 is 10.4 Å². The number of aromatic hydroxyl groups is 1. The van der Waals surface area contributed by atoms with Crippen LogP contribution in [0.3, 0.4) is 0 Å². The van der Waals surface area contributed by atoms with Gasteiger partial charge in [-0.15, -0.1) is 22.7 Å². The Hall–Kier alpha value is -3.24. The summed E-state index contributed by atoms with van der Waals surface area (Å²) in [7, 11) is 0. The van der Waals surface area contributed by atoms with Gasteiger partial charge in [-0.25, -0.2) is 5.43 Å². The molecule has 0 atom stereocenters.